The third-order valence-corrected chi connectivity index (χ3v) is 6.20. The molecule has 5 heteroatoms. The van der Waals surface area contributed by atoms with Crippen molar-refractivity contribution < 1.29 is 9.59 Å². The first kappa shape index (κ1) is 21.2. The summed E-state index contributed by atoms with van der Waals surface area (Å²) in [5, 5.41) is 4.20. The van der Waals surface area contributed by atoms with Gasteiger partial charge in [-0.2, -0.15) is 0 Å². The van der Waals surface area contributed by atoms with E-state index in [0.29, 0.717) is 13.0 Å². The normalized spacial score (nSPS) is 16.5. The molecule has 4 rings (SSSR count). The van der Waals surface area contributed by atoms with E-state index in [9.17, 15) is 9.59 Å². The summed E-state index contributed by atoms with van der Waals surface area (Å²) in [5.74, 6) is 0.0000988. The van der Waals surface area contributed by atoms with Crippen molar-refractivity contribution in [1.29, 1.82) is 0 Å². The van der Waals surface area contributed by atoms with Crippen molar-refractivity contribution in [2.75, 3.05) is 6.54 Å². The maximum absolute atomic E-state index is 13.2. The molecule has 1 aliphatic heterocycles. The number of aromatic nitrogens is 1. The van der Waals surface area contributed by atoms with Crippen molar-refractivity contribution in [3.8, 4) is 0 Å². The lowest BCUT2D eigenvalue weighted by Gasteiger charge is -2.25. The van der Waals surface area contributed by atoms with Crippen LogP contribution < -0.4 is 5.32 Å². The predicted octanol–water partition coefficient (Wildman–Crippen LogP) is 5.19. The van der Waals surface area contributed by atoms with Crippen LogP contribution in [0, 0.1) is 0 Å². The van der Waals surface area contributed by atoms with Gasteiger partial charge in [-0.3, -0.25) is 9.59 Å². The highest BCUT2D eigenvalue weighted by molar-refractivity contribution is 6.01. The van der Waals surface area contributed by atoms with E-state index in [0.717, 1.165) is 40.4 Å². The molecule has 0 spiro atoms. The predicted molar refractivity (Wildman–Crippen MR) is 124 cm³/mol. The van der Waals surface area contributed by atoms with Gasteiger partial charge in [0.2, 0.25) is 5.91 Å². The molecule has 2 N–H and O–H groups in total. The number of fused-ring (bicyclic) bond motifs is 2. The first-order valence-electron chi connectivity index (χ1n) is 11.4. The molecule has 3 aromatic rings. The maximum Gasteiger partial charge on any atom is 0.255 e. The largest absolute Gasteiger partial charge is 0.361 e. The van der Waals surface area contributed by atoms with Crippen molar-refractivity contribution in [3.63, 3.8) is 0 Å². The molecule has 0 fully saturated rings. The first-order chi connectivity index (χ1) is 15.1. The summed E-state index contributed by atoms with van der Waals surface area (Å²) < 4.78 is 0. The quantitative estimate of drug-likeness (QED) is 0.471. The van der Waals surface area contributed by atoms with Crippen LogP contribution in [0.5, 0.6) is 0 Å². The van der Waals surface area contributed by atoms with Crippen LogP contribution in [-0.4, -0.2) is 34.3 Å². The van der Waals surface area contributed by atoms with Gasteiger partial charge in [0, 0.05) is 47.2 Å². The van der Waals surface area contributed by atoms with Gasteiger partial charge >= 0.3 is 0 Å². The topological polar surface area (TPSA) is 65.2 Å². The number of nitrogens with one attached hydrogen (secondary N) is 2. The highest BCUT2D eigenvalue weighted by Crippen LogP contribution is 2.41. The van der Waals surface area contributed by atoms with Crippen LogP contribution in [0.2, 0.25) is 0 Å². The fourth-order valence-electron chi connectivity index (χ4n) is 4.60. The molecular weight excluding hydrogens is 386 g/mol. The van der Waals surface area contributed by atoms with Crippen molar-refractivity contribution in [2.24, 2.45) is 0 Å². The van der Waals surface area contributed by atoms with E-state index >= 15 is 0 Å². The van der Waals surface area contributed by atoms with Crippen LogP contribution in [0.15, 0.2) is 54.7 Å². The zero-order valence-electron chi connectivity index (χ0n) is 18.4. The molecule has 0 radical (unpaired) electrons. The van der Waals surface area contributed by atoms with Gasteiger partial charge in [0.05, 0.1) is 6.04 Å². The molecule has 2 atom stereocenters. The van der Waals surface area contributed by atoms with Gasteiger partial charge in [0.15, 0.2) is 0 Å². The molecule has 0 aliphatic carbocycles. The Morgan fingerprint density at radius 1 is 1.10 bits per heavy atom. The molecule has 2 amide bonds. The second-order valence-corrected chi connectivity index (χ2v) is 8.49. The van der Waals surface area contributed by atoms with E-state index in [1.807, 2.05) is 53.6 Å². The number of benzene rings is 2. The van der Waals surface area contributed by atoms with Crippen molar-refractivity contribution >= 4 is 22.7 Å². The van der Waals surface area contributed by atoms with Crippen LogP contribution >= 0.6 is 0 Å². The van der Waals surface area contributed by atoms with Gasteiger partial charge in [-0.1, -0.05) is 62.6 Å². The smallest absolute Gasteiger partial charge is 0.255 e. The molecular formula is C26H31N3O2. The Kier molecular flexibility index (Phi) is 6.40. The fourth-order valence-corrected chi connectivity index (χ4v) is 4.60. The molecule has 1 aromatic heterocycles. The number of nitrogens with zero attached hydrogens (tertiary/aromatic N) is 1. The van der Waals surface area contributed by atoms with Gasteiger partial charge in [-0.05, 0) is 31.0 Å². The molecule has 31 heavy (non-hydrogen) atoms. The Morgan fingerprint density at radius 3 is 2.71 bits per heavy atom. The summed E-state index contributed by atoms with van der Waals surface area (Å²) in [5.41, 5.74) is 3.85. The molecule has 2 aromatic carbocycles. The third kappa shape index (κ3) is 4.36. The van der Waals surface area contributed by atoms with Gasteiger partial charge in [0.25, 0.3) is 5.91 Å². The lowest BCUT2D eigenvalue weighted by molar-refractivity contribution is -0.122. The number of para-hydroxylation sites is 1. The van der Waals surface area contributed by atoms with Crippen LogP contribution in [0.1, 0.15) is 73.5 Å². The van der Waals surface area contributed by atoms with Crippen molar-refractivity contribution in [2.45, 2.75) is 58.0 Å². The van der Waals surface area contributed by atoms with Gasteiger partial charge < -0.3 is 15.2 Å². The number of aromatic amines is 1. The van der Waals surface area contributed by atoms with E-state index in [-0.39, 0.29) is 23.9 Å². The monoisotopic (exact) mass is 417 g/mol. The molecule has 162 valence electrons. The van der Waals surface area contributed by atoms with Crippen LogP contribution in [-0.2, 0) is 4.79 Å². The first-order valence-corrected chi connectivity index (χ1v) is 11.4. The molecule has 0 bridgehead atoms. The molecule has 0 saturated heterocycles. The van der Waals surface area contributed by atoms with E-state index in [1.165, 1.54) is 12.8 Å². The number of carbonyl (C=O) groups excluding carboxylic acids is 2. The lowest BCUT2D eigenvalue weighted by atomic mass is 9.97. The van der Waals surface area contributed by atoms with Crippen LogP contribution in [0.4, 0.5) is 0 Å². The number of rotatable bonds is 9. The summed E-state index contributed by atoms with van der Waals surface area (Å²) in [6.45, 7) is 4.63. The minimum atomic E-state index is -0.186. The second-order valence-electron chi connectivity index (χ2n) is 8.49. The van der Waals surface area contributed by atoms with Crippen LogP contribution in [0.3, 0.4) is 0 Å². The van der Waals surface area contributed by atoms with Crippen molar-refractivity contribution in [3.05, 3.63) is 71.4 Å². The Balaban J connectivity index is 1.52. The molecule has 2 unspecified atom stereocenters. The SMILES string of the molecule is CCCCCC(C)NC(=O)CCN1C(=O)c2ccccc2C1c1c[nH]c2ccccc12. The Labute approximate surface area is 183 Å². The molecule has 0 saturated carbocycles. The zero-order chi connectivity index (χ0) is 21.8. The van der Waals surface area contributed by atoms with E-state index in [1.54, 1.807) is 0 Å². The highest BCUT2D eigenvalue weighted by atomic mass is 16.2. The van der Waals surface area contributed by atoms with Crippen molar-refractivity contribution in [1.82, 2.24) is 15.2 Å². The third-order valence-electron chi connectivity index (χ3n) is 6.20. The number of carbonyl (C=O) groups is 2. The average molecular weight is 418 g/mol. The summed E-state index contributed by atoms with van der Waals surface area (Å²) in [4.78, 5) is 31.0. The number of hydrogen-bond acceptors (Lipinski definition) is 2. The Morgan fingerprint density at radius 2 is 1.87 bits per heavy atom. The lowest BCUT2D eigenvalue weighted by Crippen LogP contribution is -2.37. The summed E-state index contributed by atoms with van der Waals surface area (Å²) in [7, 11) is 0. The minimum absolute atomic E-state index is 0.00493. The van der Waals surface area contributed by atoms with E-state index in [2.05, 4.69) is 30.2 Å². The fraction of sp³-hybridized carbons (Fsp3) is 0.385. The van der Waals surface area contributed by atoms with E-state index < -0.39 is 0 Å². The highest BCUT2D eigenvalue weighted by Gasteiger charge is 2.38. The van der Waals surface area contributed by atoms with Crippen LogP contribution in [0.25, 0.3) is 10.9 Å². The summed E-state index contributed by atoms with van der Waals surface area (Å²) in [6.07, 6.45) is 6.77. The standard InChI is InChI=1S/C26H31N3O2/c1-3-4-5-10-18(2)28-24(30)15-16-29-25(20-12-6-7-13-21(20)26(29)31)22-17-27-23-14-9-8-11-19(22)23/h6-9,11-14,17-18,25,27H,3-5,10,15-16H2,1-2H3,(H,28,30). The number of H-pyrrole nitrogens is 1. The second kappa shape index (κ2) is 9.38. The number of amides is 2. The van der Waals surface area contributed by atoms with Gasteiger partial charge in [0.1, 0.15) is 0 Å². The molecule has 1 aliphatic rings. The summed E-state index contributed by atoms with van der Waals surface area (Å²) in [6, 6.07) is 15.9. The van der Waals surface area contributed by atoms with Gasteiger partial charge in [-0.15, -0.1) is 0 Å². The number of hydrogen-bond donors (Lipinski definition) is 2. The Bertz CT molecular complexity index is 1070. The molecule has 2 heterocycles. The zero-order valence-corrected chi connectivity index (χ0v) is 18.4. The molecule has 5 nitrogen and oxygen atoms in total. The summed E-state index contributed by atoms with van der Waals surface area (Å²) >= 11 is 0. The van der Waals surface area contributed by atoms with Gasteiger partial charge in [-0.25, -0.2) is 0 Å². The number of unbranched alkanes of at least 4 members (excludes halogenated alkanes) is 2. The van der Waals surface area contributed by atoms with E-state index in [4.69, 9.17) is 0 Å². The Hall–Kier alpha value is -3.08. The maximum atomic E-state index is 13.2. The minimum Gasteiger partial charge on any atom is -0.361 e. The average Bonchev–Trinajstić information content (AvgIpc) is 3.31.